The van der Waals surface area contributed by atoms with E-state index in [1.165, 1.54) is 11.3 Å². The van der Waals surface area contributed by atoms with Crippen LogP contribution in [0, 0.1) is 24.2 Å². The molecule has 0 spiro atoms. The van der Waals surface area contributed by atoms with Gasteiger partial charge in [0.25, 0.3) is 0 Å². The zero-order chi connectivity index (χ0) is 38.6. The molecule has 10 nitrogen and oxygen atoms in total. The minimum absolute atomic E-state index is 0.0357. The third kappa shape index (κ3) is 12.1. The van der Waals surface area contributed by atoms with Crippen LogP contribution >= 0.6 is 11.3 Å². The molecule has 290 valence electrons. The Morgan fingerprint density at radius 2 is 1.63 bits per heavy atom. The molecule has 0 saturated carbocycles. The van der Waals surface area contributed by atoms with Crippen LogP contribution in [0.1, 0.15) is 119 Å². The summed E-state index contributed by atoms with van der Waals surface area (Å²) in [6.07, 6.45) is 0.938. The quantitative estimate of drug-likeness (QED) is 0.0692. The maximum absolute atomic E-state index is 14.9. The van der Waals surface area contributed by atoms with Gasteiger partial charge in [-0.25, -0.2) is 4.98 Å². The number of thiazole rings is 1. The summed E-state index contributed by atoms with van der Waals surface area (Å²) >= 11 is 1.53. The molecule has 2 rings (SSSR count). The standard InChI is InChI=1S/C38H68N4O6SSi2/c1-13-50(14-2,15-3)47-34-24-35(44)46-33(27(8)22-30-25-49-29(10)40-30)23-31(41-42-39)32(43)21-19-20-26(7)36(28(9)37(45)38(34,11)12)48-51(16-4,17-5)18-6/h22,25-26,28,31-34,36,43H,13-21,23-24H2,1-12H3/b27-22+/t26?,28-,31+,32+,33?,34+,36+/m1/s1. The molecule has 0 amide bonds. The van der Waals surface area contributed by atoms with Gasteiger partial charge in [0.2, 0.25) is 0 Å². The topological polar surface area (TPSA) is 144 Å². The second kappa shape index (κ2) is 20.6. The van der Waals surface area contributed by atoms with Gasteiger partial charge in [0.15, 0.2) is 16.6 Å². The number of ether oxygens (including phenoxy) is 1. The summed E-state index contributed by atoms with van der Waals surface area (Å²) in [7, 11) is -4.41. The van der Waals surface area contributed by atoms with Gasteiger partial charge in [0.05, 0.1) is 41.5 Å². The van der Waals surface area contributed by atoms with Crippen molar-refractivity contribution in [1.82, 2.24) is 4.98 Å². The van der Waals surface area contributed by atoms with Crippen molar-refractivity contribution in [3.05, 3.63) is 32.1 Å². The van der Waals surface area contributed by atoms with E-state index in [9.17, 15) is 20.2 Å². The minimum atomic E-state index is -2.29. The molecule has 1 aromatic rings. The number of aromatic nitrogens is 1. The lowest BCUT2D eigenvalue weighted by Crippen LogP contribution is -2.53. The van der Waals surface area contributed by atoms with Gasteiger partial charge in [0, 0.05) is 21.6 Å². The highest BCUT2D eigenvalue weighted by Gasteiger charge is 2.48. The third-order valence-corrected chi connectivity index (χ3v) is 22.0. The Hall–Kier alpha value is -1.87. The van der Waals surface area contributed by atoms with E-state index in [0.29, 0.717) is 12.8 Å². The summed E-state index contributed by atoms with van der Waals surface area (Å²) < 4.78 is 20.5. The Balaban J connectivity index is 2.74. The average Bonchev–Trinajstić information content (AvgIpc) is 3.53. The van der Waals surface area contributed by atoms with Crippen LogP contribution in [-0.4, -0.2) is 68.9 Å². The number of rotatable bonds is 13. The number of cyclic esters (lactones) is 1. The van der Waals surface area contributed by atoms with Crippen LogP contribution in [0.25, 0.3) is 16.5 Å². The minimum Gasteiger partial charge on any atom is -0.458 e. The molecule has 1 N–H and O–H groups in total. The van der Waals surface area contributed by atoms with Crippen molar-refractivity contribution in [3.63, 3.8) is 0 Å². The molecule has 0 aliphatic carbocycles. The van der Waals surface area contributed by atoms with Gasteiger partial charge in [-0.1, -0.05) is 80.8 Å². The fourth-order valence-electron chi connectivity index (χ4n) is 7.67. The smallest absolute Gasteiger partial charge is 0.309 e. The molecular formula is C38H68N4O6SSi2. The number of Topliss-reactive ketones (excluding diaryl/α,β-unsaturated/α-hetero) is 1. The summed E-state index contributed by atoms with van der Waals surface area (Å²) in [5, 5.41) is 18.3. The molecule has 51 heavy (non-hydrogen) atoms. The molecule has 1 aromatic heterocycles. The molecule has 1 aliphatic rings. The van der Waals surface area contributed by atoms with Crippen molar-refractivity contribution in [2.75, 3.05) is 0 Å². The van der Waals surface area contributed by atoms with E-state index in [1.807, 2.05) is 46.1 Å². The zero-order valence-electron chi connectivity index (χ0n) is 33.7. The molecule has 7 atom stereocenters. The molecule has 1 fully saturated rings. The van der Waals surface area contributed by atoms with Gasteiger partial charge in [-0.3, -0.25) is 9.59 Å². The highest BCUT2D eigenvalue weighted by molar-refractivity contribution is 7.09. The van der Waals surface area contributed by atoms with Gasteiger partial charge in [-0.15, -0.1) is 11.3 Å². The van der Waals surface area contributed by atoms with Crippen LogP contribution in [0.15, 0.2) is 16.1 Å². The fourth-order valence-corrected chi connectivity index (χ4v) is 14.2. The first kappa shape index (κ1) is 45.3. The zero-order valence-corrected chi connectivity index (χ0v) is 36.5. The third-order valence-electron chi connectivity index (χ3n) is 12.0. The summed E-state index contributed by atoms with van der Waals surface area (Å²) in [5.74, 6) is -0.864. The van der Waals surface area contributed by atoms with E-state index in [4.69, 9.17) is 13.6 Å². The van der Waals surface area contributed by atoms with Gasteiger partial charge < -0.3 is 18.7 Å². The molecule has 2 unspecified atom stereocenters. The van der Waals surface area contributed by atoms with Crippen molar-refractivity contribution >= 4 is 45.8 Å². The van der Waals surface area contributed by atoms with Crippen LogP contribution in [0.2, 0.25) is 36.3 Å². The Kier molecular flexibility index (Phi) is 18.3. The fraction of sp³-hybridized carbons (Fsp3) is 0.816. The van der Waals surface area contributed by atoms with Crippen LogP contribution < -0.4 is 0 Å². The number of ketones is 1. The summed E-state index contributed by atoms with van der Waals surface area (Å²) in [6, 6.07) is 4.69. The number of azide groups is 1. The Morgan fingerprint density at radius 1 is 1.06 bits per heavy atom. The van der Waals surface area contributed by atoms with Crippen molar-refractivity contribution in [1.29, 1.82) is 0 Å². The number of aryl methyl sites for hydroxylation is 1. The summed E-state index contributed by atoms with van der Waals surface area (Å²) in [4.78, 5) is 36.7. The van der Waals surface area contributed by atoms with Gasteiger partial charge >= 0.3 is 5.97 Å². The number of hydrogen-bond donors (Lipinski definition) is 1. The molecule has 2 heterocycles. The number of nitrogens with zero attached hydrogens (tertiary/aromatic N) is 4. The van der Waals surface area contributed by atoms with E-state index in [0.717, 1.165) is 59.0 Å². The van der Waals surface area contributed by atoms with Crippen molar-refractivity contribution < 1.29 is 28.3 Å². The molecule has 0 radical (unpaired) electrons. The molecule has 0 aromatic carbocycles. The molecule has 13 heteroatoms. The molecule has 1 aliphatic heterocycles. The highest BCUT2D eigenvalue weighted by Crippen LogP contribution is 2.40. The Bertz CT molecular complexity index is 1320. The SMILES string of the molecule is CC[Si](CC)(CC)O[C@H]1CC(=O)OC(/C(C)=C/c2csc(C)n2)C[C@H](N=[N+]=[N-])[C@@H](O)CCCC(C)[C@H](O[Si](CC)(CC)CC)[C@@H](C)C(=O)C1(C)C. The first-order valence-corrected chi connectivity index (χ1v) is 25.4. The van der Waals surface area contributed by atoms with E-state index >= 15 is 0 Å². The number of aliphatic hydroxyl groups excluding tert-OH is 1. The Labute approximate surface area is 314 Å². The number of esters is 1. The molecule has 0 bridgehead atoms. The van der Waals surface area contributed by atoms with Crippen LogP contribution in [0.3, 0.4) is 0 Å². The molecule has 1 saturated heterocycles. The monoisotopic (exact) mass is 764 g/mol. The lowest BCUT2D eigenvalue weighted by atomic mass is 9.73. The number of carbonyl (C=O) groups excluding carboxylic acids is 2. The van der Waals surface area contributed by atoms with Gasteiger partial charge in [-0.2, -0.15) is 0 Å². The van der Waals surface area contributed by atoms with Crippen molar-refractivity contribution in [2.24, 2.45) is 22.4 Å². The van der Waals surface area contributed by atoms with E-state index in [1.54, 1.807) is 0 Å². The van der Waals surface area contributed by atoms with E-state index < -0.39 is 58.3 Å². The second-order valence-electron chi connectivity index (χ2n) is 15.4. The number of carbonyl (C=O) groups is 2. The van der Waals surface area contributed by atoms with Crippen LogP contribution in [-0.2, 0) is 23.2 Å². The summed E-state index contributed by atoms with van der Waals surface area (Å²) in [5.41, 5.74) is 10.00. The average molecular weight is 765 g/mol. The van der Waals surface area contributed by atoms with Gasteiger partial charge in [0.1, 0.15) is 11.9 Å². The maximum Gasteiger partial charge on any atom is 0.309 e. The maximum atomic E-state index is 14.9. The van der Waals surface area contributed by atoms with E-state index in [-0.39, 0.29) is 30.6 Å². The van der Waals surface area contributed by atoms with Crippen LogP contribution in [0.5, 0.6) is 0 Å². The summed E-state index contributed by atoms with van der Waals surface area (Å²) in [6.45, 7) is 24.8. The lowest BCUT2D eigenvalue weighted by molar-refractivity contribution is -0.154. The normalized spacial score (nSPS) is 27.9. The first-order valence-electron chi connectivity index (χ1n) is 19.4. The van der Waals surface area contributed by atoms with Crippen LogP contribution in [0.4, 0.5) is 0 Å². The number of aliphatic hydroxyl groups is 1. The van der Waals surface area contributed by atoms with Gasteiger partial charge in [-0.05, 0) is 92.5 Å². The lowest BCUT2D eigenvalue weighted by Gasteiger charge is -2.44. The predicted molar refractivity (Wildman–Crippen MR) is 214 cm³/mol. The van der Waals surface area contributed by atoms with Crippen molar-refractivity contribution in [2.45, 2.75) is 182 Å². The first-order chi connectivity index (χ1) is 24.0. The second-order valence-corrected chi connectivity index (χ2v) is 25.9. The largest absolute Gasteiger partial charge is 0.458 e. The highest BCUT2D eigenvalue weighted by atomic mass is 32.1. The Morgan fingerprint density at radius 3 is 2.14 bits per heavy atom. The van der Waals surface area contributed by atoms with Crippen molar-refractivity contribution in [3.8, 4) is 0 Å². The van der Waals surface area contributed by atoms with E-state index in [2.05, 4.69) is 63.5 Å². The molecular weight excluding hydrogens is 697 g/mol. The predicted octanol–water partition coefficient (Wildman–Crippen LogP) is 10.4. The number of hydrogen-bond acceptors (Lipinski definition) is 9.